The monoisotopic (exact) mass is 283 g/mol. The number of hydrogen-bond acceptors (Lipinski definition) is 6. The Morgan fingerprint density at radius 3 is 2.95 bits per heavy atom. The Hall–Kier alpha value is -1.51. The highest BCUT2D eigenvalue weighted by Crippen LogP contribution is 2.18. The standard InChI is InChI=1S/C11H17N5O2S/c1-16(5-9(17)13-7-2-3-7)4-8-6-19-11(14-8)10(18)15-12/h6-7H,2-5,12H2,1H3,(H,13,17)(H,15,18). The summed E-state index contributed by atoms with van der Waals surface area (Å²) in [5.74, 6) is 4.67. The van der Waals surface area contributed by atoms with E-state index >= 15 is 0 Å². The first-order valence-corrected chi connectivity index (χ1v) is 6.89. The van der Waals surface area contributed by atoms with E-state index in [4.69, 9.17) is 5.84 Å². The summed E-state index contributed by atoms with van der Waals surface area (Å²) >= 11 is 1.23. The van der Waals surface area contributed by atoms with Crippen molar-refractivity contribution in [3.63, 3.8) is 0 Å². The van der Waals surface area contributed by atoms with Gasteiger partial charge in [0.25, 0.3) is 5.91 Å². The Morgan fingerprint density at radius 2 is 2.32 bits per heavy atom. The van der Waals surface area contributed by atoms with Crippen molar-refractivity contribution >= 4 is 23.2 Å². The Morgan fingerprint density at radius 1 is 1.58 bits per heavy atom. The van der Waals surface area contributed by atoms with Gasteiger partial charge < -0.3 is 5.32 Å². The Bertz CT molecular complexity index is 471. The van der Waals surface area contributed by atoms with E-state index in [2.05, 4.69) is 10.3 Å². The number of likely N-dealkylation sites (N-methyl/N-ethyl adjacent to an activating group) is 1. The average molecular weight is 283 g/mol. The average Bonchev–Trinajstić information content (AvgIpc) is 3.04. The van der Waals surface area contributed by atoms with Crippen molar-refractivity contribution in [2.75, 3.05) is 13.6 Å². The molecule has 1 aromatic heterocycles. The topological polar surface area (TPSA) is 100 Å². The molecule has 0 atom stereocenters. The molecule has 1 aliphatic rings. The number of amides is 2. The Labute approximate surface area is 115 Å². The molecule has 104 valence electrons. The second kappa shape index (κ2) is 6.09. The third kappa shape index (κ3) is 4.27. The van der Waals surface area contributed by atoms with Crippen LogP contribution < -0.4 is 16.6 Å². The number of nitrogen functional groups attached to an aromatic ring is 1. The van der Waals surface area contributed by atoms with Gasteiger partial charge in [0.1, 0.15) is 0 Å². The summed E-state index contributed by atoms with van der Waals surface area (Å²) < 4.78 is 0. The lowest BCUT2D eigenvalue weighted by Crippen LogP contribution is -2.36. The lowest BCUT2D eigenvalue weighted by Gasteiger charge is -2.14. The number of carbonyl (C=O) groups is 2. The van der Waals surface area contributed by atoms with Crippen LogP contribution >= 0.6 is 11.3 Å². The molecule has 0 radical (unpaired) electrons. The minimum Gasteiger partial charge on any atom is -0.352 e. The van der Waals surface area contributed by atoms with Crippen LogP contribution in [0.5, 0.6) is 0 Å². The zero-order chi connectivity index (χ0) is 13.8. The largest absolute Gasteiger partial charge is 0.352 e. The maximum absolute atomic E-state index is 11.6. The molecule has 1 heterocycles. The molecule has 2 rings (SSSR count). The predicted molar refractivity (Wildman–Crippen MR) is 71.3 cm³/mol. The van der Waals surface area contributed by atoms with E-state index in [0.717, 1.165) is 18.5 Å². The van der Waals surface area contributed by atoms with Crippen LogP contribution in [0.25, 0.3) is 0 Å². The molecule has 2 amide bonds. The van der Waals surface area contributed by atoms with E-state index in [-0.39, 0.29) is 5.91 Å². The first kappa shape index (κ1) is 13.9. The fraction of sp³-hybridized carbons (Fsp3) is 0.545. The number of nitrogens with two attached hydrogens (primary N) is 1. The maximum atomic E-state index is 11.6. The van der Waals surface area contributed by atoms with Crippen molar-refractivity contribution in [3.8, 4) is 0 Å². The molecular formula is C11H17N5O2S. The van der Waals surface area contributed by atoms with Crippen molar-refractivity contribution in [1.29, 1.82) is 0 Å². The molecule has 1 saturated carbocycles. The normalized spacial score (nSPS) is 14.5. The molecule has 8 heteroatoms. The van der Waals surface area contributed by atoms with Crippen molar-refractivity contribution in [1.82, 2.24) is 20.6 Å². The number of aromatic nitrogens is 1. The van der Waals surface area contributed by atoms with Crippen molar-refractivity contribution < 1.29 is 9.59 Å². The van der Waals surface area contributed by atoms with E-state index in [1.807, 2.05) is 17.4 Å². The first-order chi connectivity index (χ1) is 9.08. The number of hydrogen-bond donors (Lipinski definition) is 3. The molecule has 0 unspecified atom stereocenters. The molecule has 0 spiro atoms. The summed E-state index contributed by atoms with van der Waals surface area (Å²) in [4.78, 5) is 28.9. The van der Waals surface area contributed by atoms with Crippen LogP contribution in [-0.4, -0.2) is 41.3 Å². The lowest BCUT2D eigenvalue weighted by molar-refractivity contribution is -0.122. The van der Waals surface area contributed by atoms with Gasteiger partial charge in [0.05, 0.1) is 12.2 Å². The second-order valence-electron chi connectivity index (χ2n) is 4.63. The third-order valence-corrected chi connectivity index (χ3v) is 3.55. The fourth-order valence-electron chi connectivity index (χ4n) is 1.62. The van der Waals surface area contributed by atoms with Gasteiger partial charge >= 0.3 is 0 Å². The van der Waals surface area contributed by atoms with Crippen LogP contribution in [0, 0.1) is 0 Å². The van der Waals surface area contributed by atoms with E-state index in [0.29, 0.717) is 24.1 Å². The summed E-state index contributed by atoms with van der Waals surface area (Å²) in [6.45, 7) is 0.846. The van der Waals surface area contributed by atoms with Crippen LogP contribution in [0.1, 0.15) is 28.3 Å². The number of thiazole rings is 1. The molecular weight excluding hydrogens is 266 g/mol. The highest BCUT2D eigenvalue weighted by Gasteiger charge is 2.23. The van der Waals surface area contributed by atoms with Gasteiger partial charge in [-0.2, -0.15) is 0 Å². The molecule has 1 aliphatic carbocycles. The summed E-state index contributed by atoms with van der Waals surface area (Å²) in [5, 5.41) is 5.04. The van der Waals surface area contributed by atoms with Gasteiger partial charge in [0.2, 0.25) is 5.91 Å². The van der Waals surface area contributed by atoms with E-state index < -0.39 is 5.91 Å². The van der Waals surface area contributed by atoms with Gasteiger partial charge in [-0.05, 0) is 19.9 Å². The van der Waals surface area contributed by atoms with E-state index in [1.54, 1.807) is 5.38 Å². The molecule has 4 N–H and O–H groups in total. The number of carbonyl (C=O) groups excluding carboxylic acids is 2. The van der Waals surface area contributed by atoms with Gasteiger partial charge in [-0.25, -0.2) is 10.8 Å². The van der Waals surface area contributed by atoms with Gasteiger partial charge in [-0.1, -0.05) is 0 Å². The quantitative estimate of drug-likeness (QED) is 0.370. The van der Waals surface area contributed by atoms with Crippen LogP contribution in [0.15, 0.2) is 5.38 Å². The molecule has 1 fully saturated rings. The first-order valence-electron chi connectivity index (χ1n) is 6.01. The SMILES string of the molecule is CN(CC(=O)NC1CC1)Cc1csc(C(=O)NN)n1. The lowest BCUT2D eigenvalue weighted by atomic mass is 10.4. The van der Waals surface area contributed by atoms with E-state index in [1.165, 1.54) is 11.3 Å². The third-order valence-electron chi connectivity index (χ3n) is 2.66. The minimum absolute atomic E-state index is 0.0279. The maximum Gasteiger partial charge on any atom is 0.294 e. The Kier molecular flexibility index (Phi) is 4.46. The number of nitrogens with one attached hydrogen (secondary N) is 2. The number of nitrogens with zero attached hydrogens (tertiary/aromatic N) is 2. The van der Waals surface area contributed by atoms with Gasteiger partial charge in [0, 0.05) is 18.0 Å². The van der Waals surface area contributed by atoms with Crippen LogP contribution in [0.4, 0.5) is 0 Å². The van der Waals surface area contributed by atoms with Crippen molar-refractivity contribution in [2.24, 2.45) is 5.84 Å². The van der Waals surface area contributed by atoms with Crippen LogP contribution in [0.3, 0.4) is 0 Å². The molecule has 0 bridgehead atoms. The molecule has 0 aliphatic heterocycles. The van der Waals surface area contributed by atoms with Crippen molar-refractivity contribution in [3.05, 3.63) is 16.1 Å². The number of hydrazine groups is 1. The summed E-state index contributed by atoms with van der Waals surface area (Å²) in [5.41, 5.74) is 2.79. The van der Waals surface area contributed by atoms with Crippen LogP contribution in [-0.2, 0) is 11.3 Å². The smallest absolute Gasteiger partial charge is 0.294 e. The Balaban J connectivity index is 1.80. The molecule has 7 nitrogen and oxygen atoms in total. The predicted octanol–water partition coefficient (Wildman–Crippen LogP) is -0.543. The zero-order valence-corrected chi connectivity index (χ0v) is 11.5. The highest BCUT2D eigenvalue weighted by molar-refractivity contribution is 7.11. The second-order valence-corrected chi connectivity index (χ2v) is 5.49. The highest BCUT2D eigenvalue weighted by atomic mass is 32.1. The number of rotatable bonds is 6. The minimum atomic E-state index is -0.398. The molecule has 0 aromatic carbocycles. The summed E-state index contributed by atoms with van der Waals surface area (Å²) in [6.07, 6.45) is 2.16. The van der Waals surface area contributed by atoms with Gasteiger partial charge in [-0.15, -0.1) is 11.3 Å². The van der Waals surface area contributed by atoms with Crippen molar-refractivity contribution in [2.45, 2.75) is 25.4 Å². The summed E-state index contributed by atoms with van der Waals surface area (Å²) in [6, 6.07) is 0.375. The van der Waals surface area contributed by atoms with E-state index in [9.17, 15) is 9.59 Å². The van der Waals surface area contributed by atoms with Gasteiger partial charge in [-0.3, -0.25) is 19.9 Å². The molecule has 19 heavy (non-hydrogen) atoms. The van der Waals surface area contributed by atoms with Gasteiger partial charge in [0.15, 0.2) is 5.01 Å². The molecule has 1 aromatic rings. The fourth-order valence-corrected chi connectivity index (χ4v) is 2.34. The van der Waals surface area contributed by atoms with Crippen LogP contribution in [0.2, 0.25) is 0 Å². The molecule has 0 saturated heterocycles. The zero-order valence-electron chi connectivity index (χ0n) is 10.7. The summed E-state index contributed by atoms with van der Waals surface area (Å²) in [7, 11) is 1.84.